The van der Waals surface area contributed by atoms with Crippen LogP contribution in [0, 0.1) is 19.8 Å². The van der Waals surface area contributed by atoms with Crippen LogP contribution in [0.2, 0.25) is 0 Å². The number of aromatic amines is 1. The Morgan fingerprint density at radius 2 is 1.91 bits per heavy atom. The summed E-state index contributed by atoms with van der Waals surface area (Å²) in [5.74, 6) is 2.31. The normalized spacial score (nSPS) is 14.7. The van der Waals surface area contributed by atoms with E-state index < -0.39 is 0 Å². The van der Waals surface area contributed by atoms with Crippen LogP contribution in [0.5, 0.6) is 5.75 Å². The van der Waals surface area contributed by atoms with Crippen LogP contribution < -0.4 is 10.1 Å². The number of hydrazone groups is 1. The predicted molar refractivity (Wildman–Crippen MR) is 138 cm³/mol. The van der Waals surface area contributed by atoms with Crippen LogP contribution in [-0.2, 0) is 0 Å². The average molecular weight is 442 g/mol. The van der Waals surface area contributed by atoms with Gasteiger partial charge >= 0.3 is 0 Å². The highest BCUT2D eigenvalue weighted by Crippen LogP contribution is 2.34. The molecule has 6 heteroatoms. The molecule has 0 aliphatic carbocycles. The van der Waals surface area contributed by atoms with Gasteiger partial charge in [0.25, 0.3) is 0 Å². The first kappa shape index (κ1) is 25.8. The molecule has 0 amide bonds. The van der Waals surface area contributed by atoms with Gasteiger partial charge in [-0.3, -0.25) is 4.99 Å². The topological polar surface area (TPSA) is 65.0 Å². The Kier molecular flexibility index (Phi) is 9.17. The summed E-state index contributed by atoms with van der Waals surface area (Å²) >= 11 is 0. The van der Waals surface area contributed by atoms with Crippen molar-refractivity contribution in [2.75, 3.05) is 14.1 Å². The first-order chi connectivity index (χ1) is 15.1. The molecule has 1 aromatic heterocycles. The van der Waals surface area contributed by atoms with Gasteiger partial charge in [0.15, 0.2) is 0 Å². The average Bonchev–Trinajstić information content (AvgIpc) is 3.16. The quantitative estimate of drug-likeness (QED) is 0.284. The summed E-state index contributed by atoms with van der Waals surface area (Å²) in [5.41, 5.74) is 5.39. The van der Waals surface area contributed by atoms with Crippen LogP contribution in [0.1, 0.15) is 77.5 Å². The largest absolute Gasteiger partial charge is 0.490 e. The lowest BCUT2D eigenvalue weighted by atomic mass is 9.97. The van der Waals surface area contributed by atoms with E-state index in [9.17, 15) is 0 Å². The van der Waals surface area contributed by atoms with Crippen LogP contribution in [-0.4, -0.2) is 47.9 Å². The lowest BCUT2D eigenvalue weighted by Crippen LogP contribution is -2.44. The molecule has 2 atom stereocenters. The molecule has 0 fully saturated rings. The number of rotatable bonds is 9. The van der Waals surface area contributed by atoms with E-state index in [-0.39, 0.29) is 6.10 Å². The van der Waals surface area contributed by atoms with Crippen molar-refractivity contribution in [3.8, 4) is 5.75 Å². The van der Waals surface area contributed by atoms with E-state index in [1.165, 1.54) is 19.3 Å². The number of hydrogen-bond acceptors (Lipinski definition) is 3. The van der Waals surface area contributed by atoms with E-state index in [0.717, 1.165) is 45.0 Å². The van der Waals surface area contributed by atoms with Crippen LogP contribution in [0.3, 0.4) is 0 Å². The first-order valence-corrected chi connectivity index (χ1v) is 11.9. The van der Waals surface area contributed by atoms with E-state index in [1.54, 1.807) is 7.05 Å². The minimum absolute atomic E-state index is 0.129. The Labute approximate surface area is 194 Å². The number of ether oxygens (including phenoxy) is 1. The predicted octanol–water partition coefficient (Wildman–Crippen LogP) is 6.02. The van der Waals surface area contributed by atoms with E-state index >= 15 is 0 Å². The zero-order valence-corrected chi connectivity index (χ0v) is 21.8. The number of guanidine groups is 1. The fraction of sp³-hybridized carbons (Fsp3) is 0.615. The number of benzene rings is 1. The van der Waals surface area contributed by atoms with Gasteiger partial charge in [-0.2, -0.15) is 5.10 Å². The van der Waals surface area contributed by atoms with Gasteiger partial charge in [0.2, 0.25) is 5.96 Å². The fourth-order valence-corrected chi connectivity index (χ4v) is 4.10. The Bertz CT molecular complexity index is 957. The van der Waals surface area contributed by atoms with Crippen molar-refractivity contribution in [2.45, 2.75) is 86.8 Å². The summed E-state index contributed by atoms with van der Waals surface area (Å²) in [5, 5.41) is 11.4. The number of fused-ring (bicyclic) bond motifs is 1. The molecule has 0 bridgehead atoms. The van der Waals surface area contributed by atoms with Gasteiger partial charge in [-0.1, -0.05) is 26.7 Å². The van der Waals surface area contributed by atoms with E-state index in [2.05, 4.69) is 69.8 Å². The summed E-state index contributed by atoms with van der Waals surface area (Å²) in [4.78, 5) is 7.87. The van der Waals surface area contributed by atoms with Gasteiger partial charge in [-0.25, -0.2) is 5.01 Å². The minimum Gasteiger partial charge on any atom is -0.490 e. The Hall–Kier alpha value is -2.50. The lowest BCUT2D eigenvalue weighted by molar-refractivity contribution is 0.239. The molecule has 2 rings (SSSR count). The third-order valence-electron chi connectivity index (χ3n) is 6.13. The summed E-state index contributed by atoms with van der Waals surface area (Å²) in [7, 11) is 3.75. The van der Waals surface area contributed by atoms with E-state index in [1.807, 2.05) is 25.2 Å². The van der Waals surface area contributed by atoms with Gasteiger partial charge in [0.05, 0.1) is 11.8 Å². The number of nitrogens with one attached hydrogen (secondary N) is 2. The Morgan fingerprint density at radius 3 is 2.50 bits per heavy atom. The number of aromatic nitrogens is 1. The molecule has 0 saturated carbocycles. The summed E-state index contributed by atoms with van der Waals surface area (Å²) in [6, 6.07) is 2.48. The molecule has 0 aliphatic heterocycles. The zero-order chi connectivity index (χ0) is 24.0. The van der Waals surface area contributed by atoms with Crippen molar-refractivity contribution in [2.24, 2.45) is 16.0 Å². The Morgan fingerprint density at radius 1 is 1.22 bits per heavy atom. The van der Waals surface area contributed by atoms with Gasteiger partial charge in [-0.05, 0) is 65.5 Å². The third kappa shape index (κ3) is 6.05. The second-order valence-corrected chi connectivity index (χ2v) is 9.25. The highest BCUT2D eigenvalue weighted by Gasteiger charge is 2.18. The maximum absolute atomic E-state index is 6.13. The van der Waals surface area contributed by atoms with Crippen LogP contribution in [0.4, 0.5) is 0 Å². The molecule has 32 heavy (non-hydrogen) atoms. The molecular weight excluding hydrogens is 398 g/mol. The number of aliphatic imine (C=N–C) groups is 1. The van der Waals surface area contributed by atoms with Crippen molar-refractivity contribution >= 4 is 22.6 Å². The van der Waals surface area contributed by atoms with Crippen molar-refractivity contribution in [3.63, 3.8) is 0 Å². The van der Waals surface area contributed by atoms with Crippen molar-refractivity contribution in [1.29, 1.82) is 0 Å². The van der Waals surface area contributed by atoms with Gasteiger partial charge in [0, 0.05) is 48.4 Å². The SMILES string of the molecule is CCCCC(C)C(C)NC(=NC)N(C)/N=C(\C)c1c[nH]c2cc(C)c(OC(C)C)c(C)c12. The number of unbranched alkanes of at least 4 members (excludes halogenated alkanes) is 1. The molecule has 0 saturated heterocycles. The molecule has 1 aromatic carbocycles. The Balaban J connectivity index is 2.31. The first-order valence-electron chi connectivity index (χ1n) is 11.9. The molecular formula is C26H43N5O. The molecule has 1 heterocycles. The second kappa shape index (κ2) is 11.4. The van der Waals surface area contributed by atoms with Crippen LogP contribution in [0.15, 0.2) is 22.4 Å². The standard InChI is InChI=1S/C26H43N5O/c1-11-12-13-17(4)20(7)29-26(27-9)31(10)30-21(8)22-15-28-23-14-18(5)25(32-16(2)3)19(6)24(22)23/h14-17,20,28H,11-13H2,1-10H3,(H,27,29)/b30-21+. The maximum Gasteiger partial charge on any atom is 0.214 e. The van der Waals surface area contributed by atoms with Crippen molar-refractivity contribution in [1.82, 2.24) is 15.3 Å². The number of hydrogen-bond donors (Lipinski definition) is 2. The van der Waals surface area contributed by atoms with Gasteiger partial charge in [-0.15, -0.1) is 0 Å². The van der Waals surface area contributed by atoms with E-state index in [0.29, 0.717) is 12.0 Å². The molecule has 0 aliphatic rings. The zero-order valence-electron chi connectivity index (χ0n) is 21.8. The van der Waals surface area contributed by atoms with Crippen molar-refractivity contribution < 1.29 is 4.74 Å². The van der Waals surface area contributed by atoms with Crippen LogP contribution in [0.25, 0.3) is 10.9 Å². The number of H-pyrrole nitrogens is 1. The number of aryl methyl sites for hydroxylation is 2. The van der Waals surface area contributed by atoms with E-state index in [4.69, 9.17) is 9.84 Å². The lowest BCUT2D eigenvalue weighted by Gasteiger charge is -2.26. The molecule has 0 radical (unpaired) electrons. The van der Waals surface area contributed by atoms with Gasteiger partial charge < -0.3 is 15.0 Å². The molecule has 2 aromatic rings. The summed E-state index contributed by atoms with van der Waals surface area (Å²) in [6.45, 7) is 17.1. The summed E-state index contributed by atoms with van der Waals surface area (Å²) in [6.07, 6.45) is 5.85. The molecule has 178 valence electrons. The third-order valence-corrected chi connectivity index (χ3v) is 6.13. The minimum atomic E-state index is 0.129. The number of nitrogens with zero attached hydrogens (tertiary/aromatic N) is 3. The highest BCUT2D eigenvalue weighted by atomic mass is 16.5. The molecule has 6 nitrogen and oxygen atoms in total. The fourth-order valence-electron chi connectivity index (χ4n) is 4.10. The maximum atomic E-state index is 6.13. The second-order valence-electron chi connectivity index (χ2n) is 9.25. The monoisotopic (exact) mass is 441 g/mol. The highest BCUT2D eigenvalue weighted by molar-refractivity contribution is 6.11. The van der Waals surface area contributed by atoms with Gasteiger partial charge in [0.1, 0.15) is 5.75 Å². The van der Waals surface area contributed by atoms with Crippen molar-refractivity contribution in [3.05, 3.63) is 29.0 Å². The smallest absolute Gasteiger partial charge is 0.214 e. The molecule has 2 N–H and O–H groups in total. The molecule has 2 unspecified atom stereocenters. The summed E-state index contributed by atoms with van der Waals surface area (Å²) < 4.78 is 6.13. The molecule has 0 spiro atoms. The van der Waals surface area contributed by atoms with Crippen LogP contribution >= 0.6 is 0 Å².